The van der Waals surface area contributed by atoms with Crippen LogP contribution < -0.4 is 5.73 Å². The van der Waals surface area contributed by atoms with Crippen LogP contribution in [0.2, 0.25) is 0 Å². The Bertz CT molecular complexity index is 705. The molecule has 0 saturated heterocycles. The highest BCUT2D eigenvalue weighted by molar-refractivity contribution is 7.15. The molecule has 0 fully saturated rings. The zero-order valence-corrected chi connectivity index (χ0v) is 11.6. The van der Waals surface area contributed by atoms with Gasteiger partial charge in [-0.25, -0.2) is 4.98 Å². The third kappa shape index (κ3) is 2.65. The molecule has 0 amide bonds. The minimum Gasteiger partial charge on any atom is -0.508 e. The van der Waals surface area contributed by atoms with Crippen molar-refractivity contribution in [3.8, 4) is 17.0 Å². The summed E-state index contributed by atoms with van der Waals surface area (Å²) in [5, 5.41) is 9.91. The van der Waals surface area contributed by atoms with Crippen molar-refractivity contribution in [1.29, 1.82) is 0 Å². The topological polar surface area (TPSA) is 59.1 Å². The van der Waals surface area contributed by atoms with Crippen LogP contribution in [-0.4, -0.2) is 10.1 Å². The summed E-state index contributed by atoms with van der Waals surface area (Å²) in [6.45, 7) is 0. The van der Waals surface area contributed by atoms with Gasteiger partial charge in [0, 0.05) is 16.9 Å². The van der Waals surface area contributed by atoms with Crippen LogP contribution in [-0.2, 0) is 6.42 Å². The number of phenols is 1. The monoisotopic (exact) mass is 282 g/mol. The Kier molecular flexibility index (Phi) is 3.39. The largest absolute Gasteiger partial charge is 0.508 e. The van der Waals surface area contributed by atoms with Crippen molar-refractivity contribution >= 4 is 16.5 Å². The molecule has 20 heavy (non-hydrogen) atoms. The van der Waals surface area contributed by atoms with E-state index in [0.29, 0.717) is 5.13 Å². The van der Waals surface area contributed by atoms with Gasteiger partial charge in [-0.05, 0) is 17.7 Å². The lowest BCUT2D eigenvalue weighted by Gasteiger charge is -2.03. The van der Waals surface area contributed by atoms with Crippen molar-refractivity contribution in [2.24, 2.45) is 0 Å². The van der Waals surface area contributed by atoms with Crippen LogP contribution in [0.4, 0.5) is 5.13 Å². The van der Waals surface area contributed by atoms with Gasteiger partial charge in [-0.3, -0.25) is 0 Å². The van der Waals surface area contributed by atoms with Gasteiger partial charge in [-0.1, -0.05) is 42.5 Å². The summed E-state index contributed by atoms with van der Waals surface area (Å²) in [4.78, 5) is 5.58. The Morgan fingerprint density at radius 1 is 1.00 bits per heavy atom. The van der Waals surface area contributed by atoms with E-state index in [1.807, 2.05) is 42.5 Å². The van der Waals surface area contributed by atoms with Crippen LogP contribution in [0.25, 0.3) is 11.3 Å². The van der Waals surface area contributed by atoms with E-state index >= 15 is 0 Å². The average Bonchev–Trinajstić information content (AvgIpc) is 2.83. The molecule has 3 aromatic rings. The van der Waals surface area contributed by atoms with Crippen molar-refractivity contribution in [3.63, 3.8) is 0 Å². The number of hydrogen-bond donors (Lipinski definition) is 2. The molecule has 0 aliphatic heterocycles. The third-order valence-electron chi connectivity index (χ3n) is 3.06. The number of nitrogens with zero attached hydrogens (tertiary/aromatic N) is 1. The number of nitrogens with two attached hydrogens (primary N) is 1. The van der Waals surface area contributed by atoms with Gasteiger partial charge in [0.2, 0.25) is 0 Å². The van der Waals surface area contributed by atoms with E-state index in [1.54, 1.807) is 12.1 Å². The summed E-state index contributed by atoms with van der Waals surface area (Å²) in [6.07, 6.45) is 0.763. The number of aromatic nitrogens is 1. The minimum absolute atomic E-state index is 0.279. The molecule has 3 N–H and O–H groups in total. The maximum atomic E-state index is 9.33. The molecule has 0 spiro atoms. The quantitative estimate of drug-likeness (QED) is 0.770. The molecule has 0 unspecified atom stereocenters. The Morgan fingerprint density at radius 2 is 1.70 bits per heavy atom. The lowest BCUT2D eigenvalue weighted by Crippen LogP contribution is -1.88. The van der Waals surface area contributed by atoms with Crippen LogP contribution in [0.5, 0.6) is 5.75 Å². The van der Waals surface area contributed by atoms with Crippen molar-refractivity contribution < 1.29 is 5.11 Å². The normalized spacial score (nSPS) is 10.6. The second-order valence-corrected chi connectivity index (χ2v) is 5.65. The molecule has 0 saturated carbocycles. The third-order valence-corrected chi connectivity index (χ3v) is 3.95. The summed E-state index contributed by atoms with van der Waals surface area (Å²) >= 11 is 1.51. The first-order valence-electron chi connectivity index (χ1n) is 6.31. The number of thiazole rings is 1. The first-order chi connectivity index (χ1) is 9.72. The van der Waals surface area contributed by atoms with Gasteiger partial charge >= 0.3 is 0 Å². The molecule has 3 rings (SSSR count). The summed E-state index contributed by atoms with van der Waals surface area (Å²) in [6, 6.07) is 17.3. The number of rotatable bonds is 3. The van der Waals surface area contributed by atoms with E-state index < -0.39 is 0 Å². The van der Waals surface area contributed by atoms with E-state index in [-0.39, 0.29) is 5.75 Å². The molecule has 1 heterocycles. The predicted molar refractivity (Wildman–Crippen MR) is 82.9 cm³/mol. The molecular weight excluding hydrogens is 268 g/mol. The fourth-order valence-electron chi connectivity index (χ4n) is 2.11. The van der Waals surface area contributed by atoms with E-state index in [2.05, 4.69) is 4.98 Å². The number of hydrogen-bond acceptors (Lipinski definition) is 4. The Labute approximate surface area is 121 Å². The molecule has 100 valence electrons. The second-order valence-electron chi connectivity index (χ2n) is 4.53. The number of phenolic OH excluding ortho intramolecular Hbond substituents is 1. The summed E-state index contributed by atoms with van der Waals surface area (Å²) in [7, 11) is 0. The van der Waals surface area contributed by atoms with Crippen LogP contribution in [0, 0.1) is 0 Å². The number of aromatic hydroxyl groups is 1. The highest BCUT2D eigenvalue weighted by Gasteiger charge is 2.12. The molecule has 0 aliphatic carbocycles. The van der Waals surface area contributed by atoms with Gasteiger partial charge in [0.05, 0.1) is 5.69 Å². The number of anilines is 1. The highest BCUT2D eigenvalue weighted by atomic mass is 32.1. The lowest BCUT2D eigenvalue weighted by atomic mass is 10.1. The van der Waals surface area contributed by atoms with Crippen molar-refractivity contribution in [2.45, 2.75) is 6.42 Å². The molecule has 0 aliphatic rings. The van der Waals surface area contributed by atoms with Gasteiger partial charge in [-0.15, -0.1) is 11.3 Å². The lowest BCUT2D eigenvalue weighted by molar-refractivity contribution is 0.475. The van der Waals surface area contributed by atoms with E-state index in [4.69, 9.17) is 5.73 Å². The summed E-state index contributed by atoms with van der Waals surface area (Å²) < 4.78 is 0. The van der Waals surface area contributed by atoms with Crippen LogP contribution in [0.1, 0.15) is 10.4 Å². The predicted octanol–water partition coefficient (Wildman–Crippen LogP) is 3.69. The Hall–Kier alpha value is -2.33. The first-order valence-corrected chi connectivity index (χ1v) is 7.12. The van der Waals surface area contributed by atoms with Crippen LogP contribution in [0.15, 0.2) is 54.6 Å². The van der Waals surface area contributed by atoms with Gasteiger partial charge in [-0.2, -0.15) is 0 Å². The maximum absolute atomic E-state index is 9.33. The van der Waals surface area contributed by atoms with Gasteiger partial charge in [0.15, 0.2) is 5.13 Å². The molecule has 1 aromatic heterocycles. The van der Waals surface area contributed by atoms with Gasteiger partial charge < -0.3 is 10.8 Å². The SMILES string of the molecule is Nc1nc(-c2ccccc2)c(Cc2ccc(O)cc2)s1. The Balaban J connectivity index is 1.96. The summed E-state index contributed by atoms with van der Waals surface area (Å²) in [5.41, 5.74) is 9.01. The van der Waals surface area contributed by atoms with Crippen LogP contribution >= 0.6 is 11.3 Å². The zero-order chi connectivity index (χ0) is 13.9. The zero-order valence-electron chi connectivity index (χ0n) is 10.8. The summed E-state index contributed by atoms with van der Waals surface area (Å²) in [5.74, 6) is 0.279. The molecule has 2 aromatic carbocycles. The smallest absolute Gasteiger partial charge is 0.180 e. The van der Waals surface area contributed by atoms with E-state index in [9.17, 15) is 5.11 Å². The standard InChI is InChI=1S/C16H14N2OS/c17-16-18-15(12-4-2-1-3-5-12)14(20-16)10-11-6-8-13(19)9-7-11/h1-9,19H,10H2,(H2,17,18). The molecular formula is C16H14N2OS. The van der Waals surface area contributed by atoms with Crippen molar-refractivity contribution in [3.05, 3.63) is 65.0 Å². The molecule has 0 bridgehead atoms. The molecule has 0 radical (unpaired) electrons. The fourth-order valence-corrected chi connectivity index (χ4v) is 3.00. The average molecular weight is 282 g/mol. The highest BCUT2D eigenvalue weighted by Crippen LogP contribution is 2.31. The molecule has 3 nitrogen and oxygen atoms in total. The van der Waals surface area contributed by atoms with Gasteiger partial charge in [0.25, 0.3) is 0 Å². The second kappa shape index (κ2) is 5.35. The van der Waals surface area contributed by atoms with E-state index in [1.165, 1.54) is 11.3 Å². The number of nitrogen functional groups attached to an aromatic ring is 1. The molecule has 0 atom stereocenters. The minimum atomic E-state index is 0.279. The fraction of sp³-hybridized carbons (Fsp3) is 0.0625. The molecule has 4 heteroatoms. The Morgan fingerprint density at radius 3 is 2.40 bits per heavy atom. The van der Waals surface area contributed by atoms with Gasteiger partial charge in [0.1, 0.15) is 5.75 Å². The van der Waals surface area contributed by atoms with Crippen molar-refractivity contribution in [1.82, 2.24) is 4.98 Å². The van der Waals surface area contributed by atoms with E-state index in [0.717, 1.165) is 28.1 Å². The van der Waals surface area contributed by atoms with Crippen LogP contribution in [0.3, 0.4) is 0 Å². The van der Waals surface area contributed by atoms with Crippen molar-refractivity contribution in [2.75, 3.05) is 5.73 Å². The number of benzene rings is 2. The first kappa shape index (κ1) is 12.7. The maximum Gasteiger partial charge on any atom is 0.180 e.